The molecule has 0 heterocycles. The molecule has 0 radical (unpaired) electrons. The van der Waals surface area contributed by atoms with Crippen LogP contribution in [0.3, 0.4) is 0 Å². The summed E-state index contributed by atoms with van der Waals surface area (Å²) >= 11 is 16.4. The average molecular weight is 681 g/mol. The van der Waals surface area contributed by atoms with Crippen molar-refractivity contribution >= 4 is 66.7 Å². The molecule has 0 saturated heterocycles. The minimum Gasteiger partial charge on any atom is -0.352 e. The summed E-state index contributed by atoms with van der Waals surface area (Å²) in [5.41, 5.74) is 1.66. The maximum Gasteiger partial charge on any atom is 0.244 e. The molecule has 11 heteroatoms. The molecule has 0 bridgehead atoms. The van der Waals surface area contributed by atoms with Gasteiger partial charge in [0.25, 0.3) is 0 Å². The third-order valence-corrected chi connectivity index (χ3v) is 9.53. The molecule has 1 saturated carbocycles. The third-order valence-electron chi connectivity index (χ3n) is 7.16. The lowest BCUT2D eigenvalue weighted by molar-refractivity contribution is -0.140. The fraction of sp³-hybridized carbons (Fsp3) is 0.333. The number of anilines is 1. The molecule has 3 aromatic rings. The number of rotatable bonds is 11. The molecule has 1 aliphatic carbocycles. The van der Waals surface area contributed by atoms with E-state index in [1.165, 1.54) is 4.90 Å². The van der Waals surface area contributed by atoms with Gasteiger partial charge in [0, 0.05) is 39.1 Å². The summed E-state index contributed by atoms with van der Waals surface area (Å²) < 4.78 is 27.6. The quantitative estimate of drug-likeness (QED) is 0.261. The fourth-order valence-corrected chi connectivity index (χ4v) is 6.63. The Morgan fingerprint density at radius 2 is 1.56 bits per heavy atom. The fourth-order valence-electron chi connectivity index (χ4n) is 5.00. The average Bonchev–Trinajstić information content (AvgIpc) is 3.44. The minimum absolute atomic E-state index is 0.0249. The number of carbonyl (C=O) groups is 2. The molecule has 0 unspecified atom stereocenters. The highest BCUT2D eigenvalue weighted by atomic mass is 79.9. The summed E-state index contributed by atoms with van der Waals surface area (Å²) in [4.78, 5) is 29.5. The van der Waals surface area contributed by atoms with Crippen molar-refractivity contribution in [2.45, 2.75) is 50.7 Å². The Hall–Kier alpha value is -2.59. The van der Waals surface area contributed by atoms with Crippen molar-refractivity contribution in [3.05, 3.63) is 98.4 Å². The maximum atomic E-state index is 14.2. The first-order valence-electron chi connectivity index (χ1n) is 13.3. The van der Waals surface area contributed by atoms with Crippen LogP contribution in [0.25, 0.3) is 0 Å². The third kappa shape index (κ3) is 8.47. The number of hydrogen-bond donors (Lipinski definition) is 1. The van der Waals surface area contributed by atoms with Gasteiger partial charge in [-0.2, -0.15) is 0 Å². The number of sulfonamides is 1. The normalized spacial score (nSPS) is 14.4. The lowest BCUT2D eigenvalue weighted by Crippen LogP contribution is -2.54. The van der Waals surface area contributed by atoms with Gasteiger partial charge >= 0.3 is 0 Å². The molecule has 41 heavy (non-hydrogen) atoms. The second-order valence-corrected chi connectivity index (χ2v) is 13.8. The van der Waals surface area contributed by atoms with E-state index in [2.05, 4.69) is 21.2 Å². The number of hydrogen-bond acceptors (Lipinski definition) is 4. The Kier molecular flexibility index (Phi) is 10.7. The van der Waals surface area contributed by atoms with Crippen LogP contribution in [-0.2, 0) is 32.6 Å². The molecule has 3 aromatic carbocycles. The van der Waals surface area contributed by atoms with Gasteiger partial charge in [-0.3, -0.25) is 13.9 Å². The van der Waals surface area contributed by atoms with Gasteiger partial charge in [-0.05, 0) is 54.8 Å². The molecule has 218 valence electrons. The van der Waals surface area contributed by atoms with Gasteiger partial charge in [0.15, 0.2) is 0 Å². The maximum absolute atomic E-state index is 14.2. The van der Waals surface area contributed by atoms with E-state index < -0.39 is 28.5 Å². The Labute approximate surface area is 260 Å². The van der Waals surface area contributed by atoms with E-state index in [-0.39, 0.29) is 24.9 Å². The van der Waals surface area contributed by atoms with Crippen LogP contribution in [0.15, 0.2) is 77.3 Å². The van der Waals surface area contributed by atoms with Crippen molar-refractivity contribution < 1.29 is 18.0 Å². The van der Waals surface area contributed by atoms with Crippen molar-refractivity contribution in [2.75, 3.05) is 17.1 Å². The van der Waals surface area contributed by atoms with Gasteiger partial charge in [0.05, 0.1) is 11.9 Å². The summed E-state index contributed by atoms with van der Waals surface area (Å²) in [5.74, 6) is -0.858. The van der Waals surface area contributed by atoms with Gasteiger partial charge in [0.1, 0.15) is 12.6 Å². The lowest BCUT2D eigenvalue weighted by atomic mass is 10.0. The number of amides is 2. The monoisotopic (exact) mass is 679 g/mol. The smallest absolute Gasteiger partial charge is 0.244 e. The summed E-state index contributed by atoms with van der Waals surface area (Å²) in [5, 5.41) is 3.83. The van der Waals surface area contributed by atoms with Gasteiger partial charge in [-0.15, -0.1) is 0 Å². The zero-order valence-corrected chi connectivity index (χ0v) is 26.5. The highest BCUT2D eigenvalue weighted by Gasteiger charge is 2.35. The van der Waals surface area contributed by atoms with Gasteiger partial charge in [-0.1, -0.05) is 88.4 Å². The summed E-state index contributed by atoms with van der Waals surface area (Å²) in [7, 11) is -3.85. The van der Waals surface area contributed by atoms with Crippen LogP contribution in [0.5, 0.6) is 0 Å². The predicted molar refractivity (Wildman–Crippen MR) is 168 cm³/mol. The first-order chi connectivity index (χ1) is 19.5. The Morgan fingerprint density at radius 3 is 2.15 bits per heavy atom. The van der Waals surface area contributed by atoms with E-state index in [9.17, 15) is 18.0 Å². The summed E-state index contributed by atoms with van der Waals surface area (Å²) in [6.45, 7) is -0.588. The van der Waals surface area contributed by atoms with E-state index in [1.807, 2.05) is 30.3 Å². The van der Waals surface area contributed by atoms with Gasteiger partial charge < -0.3 is 10.2 Å². The van der Waals surface area contributed by atoms with Crippen molar-refractivity contribution in [1.29, 1.82) is 0 Å². The van der Waals surface area contributed by atoms with Crippen LogP contribution in [0.2, 0.25) is 10.0 Å². The molecule has 0 aliphatic heterocycles. The van der Waals surface area contributed by atoms with E-state index in [0.29, 0.717) is 21.3 Å². The van der Waals surface area contributed by atoms with Crippen LogP contribution in [0, 0.1) is 0 Å². The minimum atomic E-state index is -3.85. The van der Waals surface area contributed by atoms with Crippen molar-refractivity contribution in [2.24, 2.45) is 0 Å². The largest absolute Gasteiger partial charge is 0.352 e. The van der Waals surface area contributed by atoms with E-state index in [1.54, 1.807) is 42.5 Å². The predicted octanol–water partition coefficient (Wildman–Crippen LogP) is 6.22. The van der Waals surface area contributed by atoms with Crippen LogP contribution in [0.1, 0.15) is 36.8 Å². The standard InChI is InChI=1S/C30H32BrCl2N3O4S/c1-41(39,40)36(24-16-14-22(31)15-17-24)20-29(37)35(19-25-26(32)12-7-13-27(25)33)28(18-21-8-3-2-4-9-21)30(38)34-23-10-5-6-11-23/h2-4,7-9,12-17,23,28H,5-6,10-11,18-20H2,1H3,(H,34,38)/t28-/m1/s1. The highest BCUT2D eigenvalue weighted by Crippen LogP contribution is 2.28. The van der Waals surface area contributed by atoms with Crippen molar-refractivity contribution in [3.8, 4) is 0 Å². The first-order valence-corrected chi connectivity index (χ1v) is 16.7. The van der Waals surface area contributed by atoms with Crippen LogP contribution < -0.4 is 9.62 Å². The van der Waals surface area contributed by atoms with Crippen molar-refractivity contribution in [1.82, 2.24) is 10.2 Å². The molecule has 1 atom stereocenters. The topological polar surface area (TPSA) is 86.8 Å². The second-order valence-electron chi connectivity index (χ2n) is 10.2. The molecule has 4 rings (SSSR count). The Balaban J connectivity index is 1.75. The molecule has 0 spiro atoms. The SMILES string of the molecule is CS(=O)(=O)N(CC(=O)N(Cc1c(Cl)cccc1Cl)[C@H](Cc1ccccc1)C(=O)NC1CCCC1)c1ccc(Br)cc1. The number of benzene rings is 3. The van der Waals surface area contributed by atoms with Crippen LogP contribution in [-0.4, -0.2) is 50.0 Å². The first kappa shape index (κ1) is 31.3. The number of nitrogens with zero attached hydrogens (tertiary/aromatic N) is 2. The zero-order valence-electron chi connectivity index (χ0n) is 22.6. The van der Waals surface area contributed by atoms with Crippen LogP contribution >= 0.6 is 39.1 Å². The molecular weight excluding hydrogens is 649 g/mol. The molecule has 1 N–H and O–H groups in total. The molecular formula is C30H32BrCl2N3O4S. The highest BCUT2D eigenvalue weighted by molar-refractivity contribution is 9.10. The van der Waals surface area contributed by atoms with Crippen molar-refractivity contribution in [3.63, 3.8) is 0 Å². The number of carbonyl (C=O) groups excluding carboxylic acids is 2. The van der Waals surface area contributed by atoms with E-state index >= 15 is 0 Å². The van der Waals surface area contributed by atoms with Gasteiger partial charge in [0.2, 0.25) is 21.8 Å². The molecule has 0 aromatic heterocycles. The zero-order chi connectivity index (χ0) is 29.6. The number of nitrogens with one attached hydrogen (secondary N) is 1. The molecule has 2 amide bonds. The van der Waals surface area contributed by atoms with E-state index in [0.717, 1.165) is 46.3 Å². The number of halogens is 3. The summed E-state index contributed by atoms with van der Waals surface area (Å²) in [6.07, 6.45) is 5.08. The molecule has 1 fully saturated rings. The molecule has 1 aliphatic rings. The lowest BCUT2D eigenvalue weighted by Gasteiger charge is -2.34. The van der Waals surface area contributed by atoms with Crippen LogP contribution in [0.4, 0.5) is 5.69 Å². The van der Waals surface area contributed by atoms with Gasteiger partial charge in [-0.25, -0.2) is 8.42 Å². The van der Waals surface area contributed by atoms with E-state index in [4.69, 9.17) is 23.2 Å². The Morgan fingerprint density at radius 1 is 0.951 bits per heavy atom. The Bertz CT molecular complexity index is 1450. The summed E-state index contributed by atoms with van der Waals surface area (Å²) in [6, 6.07) is 20.2. The molecule has 7 nitrogen and oxygen atoms in total. The second kappa shape index (κ2) is 14.1.